The first-order chi connectivity index (χ1) is 11.2. The first-order valence-electron chi connectivity index (χ1n) is 8.12. The molecule has 1 atom stereocenters. The molecule has 2 N–H and O–H groups in total. The van der Waals surface area contributed by atoms with Gasteiger partial charge in [-0.3, -0.25) is 9.48 Å². The molecule has 3 rings (SSSR count). The third-order valence-corrected chi connectivity index (χ3v) is 4.53. The van der Waals surface area contributed by atoms with Crippen molar-refractivity contribution in [3.63, 3.8) is 0 Å². The van der Waals surface area contributed by atoms with E-state index in [4.69, 9.17) is 10.5 Å². The molecule has 0 spiro atoms. The molecule has 126 valence electrons. The normalized spacial score (nSPS) is 23.2. The highest BCUT2D eigenvalue weighted by Crippen LogP contribution is 2.47. The number of allylic oxidation sites excluding steroid dienone is 3. The zero-order valence-corrected chi connectivity index (χ0v) is 14.5. The van der Waals surface area contributed by atoms with Crippen molar-refractivity contribution in [3.05, 3.63) is 40.7 Å². The molecule has 1 aliphatic heterocycles. The maximum atomic E-state index is 12.8. The Bertz CT molecular complexity index is 805. The van der Waals surface area contributed by atoms with Crippen molar-refractivity contribution in [2.24, 2.45) is 11.1 Å². The maximum Gasteiger partial charge on any atom is 0.205 e. The van der Waals surface area contributed by atoms with E-state index in [0.717, 1.165) is 0 Å². The van der Waals surface area contributed by atoms with Crippen LogP contribution in [0.15, 0.2) is 35.1 Å². The number of ketones is 1. The molecule has 0 saturated heterocycles. The van der Waals surface area contributed by atoms with E-state index >= 15 is 0 Å². The number of hydrogen-bond acceptors (Lipinski definition) is 5. The minimum absolute atomic E-state index is 0.00518. The molecule has 1 aliphatic carbocycles. The quantitative estimate of drug-likeness (QED) is 0.901. The van der Waals surface area contributed by atoms with Gasteiger partial charge in [0.1, 0.15) is 17.4 Å². The Hall–Kier alpha value is -2.55. The highest BCUT2D eigenvalue weighted by atomic mass is 16.5. The Morgan fingerprint density at radius 3 is 2.75 bits per heavy atom. The summed E-state index contributed by atoms with van der Waals surface area (Å²) in [5.41, 5.74) is 7.26. The van der Waals surface area contributed by atoms with E-state index in [1.807, 2.05) is 44.6 Å². The van der Waals surface area contributed by atoms with Crippen molar-refractivity contribution < 1.29 is 9.53 Å². The van der Waals surface area contributed by atoms with E-state index in [2.05, 4.69) is 11.2 Å². The third-order valence-electron chi connectivity index (χ3n) is 4.53. The van der Waals surface area contributed by atoms with Gasteiger partial charge in [0.25, 0.3) is 0 Å². The van der Waals surface area contributed by atoms with E-state index in [9.17, 15) is 10.1 Å². The van der Waals surface area contributed by atoms with Gasteiger partial charge in [0, 0.05) is 30.7 Å². The summed E-state index contributed by atoms with van der Waals surface area (Å²) >= 11 is 0. The summed E-state index contributed by atoms with van der Waals surface area (Å²) in [6.45, 7) is 8.10. The second kappa shape index (κ2) is 5.52. The largest absolute Gasteiger partial charge is 0.444 e. The number of carbonyl (C=O) groups is 1. The Kier molecular flexibility index (Phi) is 3.75. The van der Waals surface area contributed by atoms with Crippen molar-refractivity contribution in [2.45, 2.75) is 52.5 Å². The molecule has 6 nitrogen and oxygen atoms in total. The van der Waals surface area contributed by atoms with Crippen LogP contribution in [-0.4, -0.2) is 15.6 Å². The van der Waals surface area contributed by atoms with E-state index < -0.39 is 5.92 Å². The topological polar surface area (TPSA) is 93.9 Å². The molecule has 1 aromatic heterocycles. The highest BCUT2D eigenvalue weighted by molar-refractivity contribution is 5.99. The lowest BCUT2D eigenvalue weighted by atomic mass is 9.71. The summed E-state index contributed by atoms with van der Waals surface area (Å²) in [6, 6.07) is 4.15. The van der Waals surface area contributed by atoms with Crippen LogP contribution in [0.25, 0.3) is 0 Å². The zero-order valence-electron chi connectivity index (χ0n) is 14.5. The predicted molar refractivity (Wildman–Crippen MR) is 88.3 cm³/mol. The fourth-order valence-corrected chi connectivity index (χ4v) is 3.37. The van der Waals surface area contributed by atoms with Gasteiger partial charge in [0.15, 0.2) is 5.78 Å². The summed E-state index contributed by atoms with van der Waals surface area (Å²) in [4.78, 5) is 12.8. The lowest BCUT2D eigenvalue weighted by molar-refractivity contribution is -0.119. The average molecular weight is 326 g/mol. The summed E-state index contributed by atoms with van der Waals surface area (Å²) in [5, 5.41) is 14.1. The molecule has 0 fully saturated rings. The molecule has 2 aliphatic rings. The van der Waals surface area contributed by atoms with Crippen molar-refractivity contribution in [2.75, 3.05) is 0 Å². The fourth-order valence-electron chi connectivity index (χ4n) is 3.37. The number of Topliss-reactive ketones (excluding diaryl/α,β-unsaturated/α-hetero) is 1. The van der Waals surface area contributed by atoms with Gasteiger partial charge in [-0.2, -0.15) is 10.4 Å². The van der Waals surface area contributed by atoms with Gasteiger partial charge in [-0.25, -0.2) is 0 Å². The van der Waals surface area contributed by atoms with Crippen LogP contribution in [0.2, 0.25) is 0 Å². The van der Waals surface area contributed by atoms with E-state index in [1.165, 1.54) is 0 Å². The van der Waals surface area contributed by atoms with Crippen molar-refractivity contribution in [1.29, 1.82) is 5.26 Å². The van der Waals surface area contributed by atoms with Crippen molar-refractivity contribution in [1.82, 2.24) is 9.78 Å². The predicted octanol–water partition coefficient (Wildman–Crippen LogP) is 2.91. The standard InChI is InChI=1S/C18H22N4O2/c1-10(2)22-6-5-12(21-22)15-11(9-19)17(20)24-14-8-18(3,4)7-13(23)16(14)15/h5-6,10,15H,7-8,20H2,1-4H3/t15-/m1/s1. The number of nitriles is 1. The molecular formula is C18H22N4O2. The number of rotatable bonds is 2. The third kappa shape index (κ3) is 2.60. The van der Waals surface area contributed by atoms with Crippen LogP contribution in [0.5, 0.6) is 0 Å². The maximum absolute atomic E-state index is 12.8. The molecule has 0 unspecified atom stereocenters. The van der Waals surface area contributed by atoms with Crippen LogP contribution in [-0.2, 0) is 9.53 Å². The molecule has 24 heavy (non-hydrogen) atoms. The number of hydrogen-bond donors (Lipinski definition) is 1. The van der Waals surface area contributed by atoms with Crippen LogP contribution < -0.4 is 5.73 Å². The fraction of sp³-hybridized carbons (Fsp3) is 0.500. The van der Waals surface area contributed by atoms with E-state index in [0.29, 0.717) is 29.9 Å². The van der Waals surface area contributed by atoms with Crippen LogP contribution in [0.1, 0.15) is 58.2 Å². The number of nitrogens with zero attached hydrogens (tertiary/aromatic N) is 3. The first kappa shape index (κ1) is 16.3. The van der Waals surface area contributed by atoms with Crippen LogP contribution >= 0.6 is 0 Å². The summed E-state index contributed by atoms with van der Waals surface area (Å²) in [5.74, 6) is 0.121. The first-order valence-corrected chi connectivity index (χ1v) is 8.12. The molecule has 0 saturated carbocycles. The van der Waals surface area contributed by atoms with E-state index in [1.54, 1.807) is 0 Å². The highest BCUT2D eigenvalue weighted by Gasteiger charge is 2.43. The van der Waals surface area contributed by atoms with Crippen molar-refractivity contribution in [3.8, 4) is 6.07 Å². The average Bonchev–Trinajstić information content (AvgIpc) is 2.94. The van der Waals surface area contributed by atoms with Gasteiger partial charge in [-0.1, -0.05) is 13.8 Å². The second-order valence-corrected chi connectivity index (χ2v) is 7.52. The second-order valence-electron chi connectivity index (χ2n) is 7.52. The van der Waals surface area contributed by atoms with E-state index in [-0.39, 0.29) is 28.7 Å². The monoisotopic (exact) mass is 326 g/mol. The van der Waals surface area contributed by atoms with Crippen molar-refractivity contribution >= 4 is 5.78 Å². The van der Waals surface area contributed by atoms with Gasteiger partial charge >= 0.3 is 0 Å². The number of nitrogens with two attached hydrogens (primary N) is 1. The van der Waals surface area contributed by atoms with Gasteiger partial charge in [0.2, 0.25) is 5.88 Å². The number of aromatic nitrogens is 2. The molecule has 0 radical (unpaired) electrons. The molecule has 0 aromatic carbocycles. The Labute approximate surface area is 141 Å². The smallest absolute Gasteiger partial charge is 0.205 e. The minimum atomic E-state index is -0.539. The van der Waals surface area contributed by atoms with Gasteiger partial charge in [0.05, 0.1) is 11.6 Å². The Balaban J connectivity index is 2.14. The summed E-state index contributed by atoms with van der Waals surface area (Å²) < 4.78 is 7.48. The zero-order chi connectivity index (χ0) is 17.6. The summed E-state index contributed by atoms with van der Waals surface area (Å²) in [7, 11) is 0. The van der Waals surface area contributed by atoms with Crippen LogP contribution in [0.4, 0.5) is 0 Å². The van der Waals surface area contributed by atoms with Gasteiger partial charge in [-0.15, -0.1) is 0 Å². The molecular weight excluding hydrogens is 304 g/mol. The summed E-state index contributed by atoms with van der Waals surface area (Å²) in [6.07, 6.45) is 2.90. The molecule has 1 aromatic rings. The van der Waals surface area contributed by atoms with Crippen LogP contribution in [0.3, 0.4) is 0 Å². The lowest BCUT2D eigenvalue weighted by Gasteiger charge is -2.36. The Morgan fingerprint density at radius 1 is 1.46 bits per heavy atom. The molecule has 2 heterocycles. The SMILES string of the molecule is CC(C)n1ccc([C@H]2C(C#N)=C(N)OC3=C2C(=O)CC(C)(C)C3)n1. The molecule has 6 heteroatoms. The Morgan fingerprint density at radius 2 is 2.17 bits per heavy atom. The minimum Gasteiger partial charge on any atom is -0.444 e. The number of carbonyl (C=O) groups excluding carboxylic acids is 1. The van der Waals surface area contributed by atoms with Gasteiger partial charge < -0.3 is 10.5 Å². The van der Waals surface area contributed by atoms with Gasteiger partial charge in [-0.05, 0) is 25.3 Å². The lowest BCUT2D eigenvalue weighted by Crippen LogP contribution is -2.33. The molecule has 0 amide bonds. The van der Waals surface area contributed by atoms with Crippen LogP contribution in [0, 0.1) is 16.7 Å². The molecule has 0 bridgehead atoms. The number of ether oxygens (including phenoxy) is 1.